The van der Waals surface area contributed by atoms with Crippen molar-refractivity contribution in [1.82, 2.24) is 0 Å². The summed E-state index contributed by atoms with van der Waals surface area (Å²) in [6.07, 6.45) is 9.79. The van der Waals surface area contributed by atoms with Crippen molar-refractivity contribution < 1.29 is 14.9 Å². The Morgan fingerprint density at radius 1 is 1.05 bits per heavy atom. The first-order chi connectivity index (χ1) is 10.2. The molecule has 1 aromatic rings. The summed E-state index contributed by atoms with van der Waals surface area (Å²) in [6, 6.07) is 5.37. The number of aliphatic hydroxyl groups excluding tert-OH is 1. The van der Waals surface area contributed by atoms with E-state index in [0.717, 1.165) is 31.2 Å². The highest BCUT2D eigenvalue weighted by molar-refractivity contribution is 5.41. The van der Waals surface area contributed by atoms with Crippen LogP contribution in [0.5, 0.6) is 11.5 Å². The molecule has 0 aliphatic rings. The van der Waals surface area contributed by atoms with E-state index in [1.165, 1.54) is 32.1 Å². The summed E-state index contributed by atoms with van der Waals surface area (Å²) in [5, 5.41) is 19.6. The topological polar surface area (TPSA) is 49.7 Å². The first-order valence-corrected chi connectivity index (χ1v) is 8.21. The highest BCUT2D eigenvalue weighted by Crippen LogP contribution is 2.27. The Kier molecular flexibility index (Phi) is 8.91. The lowest BCUT2D eigenvalue weighted by molar-refractivity contribution is 0.151. The van der Waals surface area contributed by atoms with Crippen LogP contribution in [0.3, 0.4) is 0 Å². The van der Waals surface area contributed by atoms with Crippen molar-refractivity contribution in [1.29, 1.82) is 0 Å². The van der Waals surface area contributed by atoms with Crippen LogP contribution in [0.4, 0.5) is 0 Å². The van der Waals surface area contributed by atoms with Crippen molar-refractivity contribution in [2.45, 2.75) is 70.8 Å². The van der Waals surface area contributed by atoms with Crippen molar-refractivity contribution in [3.05, 3.63) is 23.8 Å². The molecule has 3 heteroatoms. The van der Waals surface area contributed by atoms with E-state index >= 15 is 0 Å². The molecule has 0 bridgehead atoms. The summed E-state index contributed by atoms with van der Waals surface area (Å²) in [7, 11) is 1.55. The van der Waals surface area contributed by atoms with Crippen LogP contribution < -0.4 is 4.74 Å². The maximum Gasteiger partial charge on any atom is 0.160 e. The number of hydrogen-bond acceptors (Lipinski definition) is 3. The highest BCUT2D eigenvalue weighted by atomic mass is 16.5. The molecule has 0 radical (unpaired) electrons. The van der Waals surface area contributed by atoms with Crippen molar-refractivity contribution in [3.63, 3.8) is 0 Å². The minimum atomic E-state index is -0.226. The molecule has 2 N–H and O–H groups in total. The molecule has 0 heterocycles. The summed E-state index contributed by atoms with van der Waals surface area (Å²) in [4.78, 5) is 0. The summed E-state index contributed by atoms with van der Waals surface area (Å²) in [6.45, 7) is 2.22. The van der Waals surface area contributed by atoms with Crippen molar-refractivity contribution in [3.8, 4) is 11.5 Å². The molecule has 1 aromatic carbocycles. The van der Waals surface area contributed by atoms with Gasteiger partial charge in [-0.1, -0.05) is 51.5 Å². The Hall–Kier alpha value is -1.22. The van der Waals surface area contributed by atoms with Gasteiger partial charge >= 0.3 is 0 Å². The predicted molar refractivity (Wildman–Crippen MR) is 87.0 cm³/mol. The number of hydrogen-bond donors (Lipinski definition) is 2. The Bertz CT molecular complexity index is 390. The van der Waals surface area contributed by atoms with Gasteiger partial charge in [0, 0.05) is 0 Å². The van der Waals surface area contributed by atoms with Crippen LogP contribution in [-0.2, 0) is 6.42 Å². The summed E-state index contributed by atoms with van der Waals surface area (Å²) >= 11 is 0. The van der Waals surface area contributed by atoms with E-state index in [-0.39, 0.29) is 11.9 Å². The van der Waals surface area contributed by atoms with E-state index in [2.05, 4.69) is 6.92 Å². The first-order valence-electron chi connectivity index (χ1n) is 8.21. The van der Waals surface area contributed by atoms with Crippen molar-refractivity contribution in [2.24, 2.45) is 0 Å². The third-order valence-electron chi connectivity index (χ3n) is 3.90. The van der Waals surface area contributed by atoms with E-state index in [0.29, 0.717) is 5.75 Å². The fraction of sp³-hybridized carbons (Fsp3) is 0.667. The fourth-order valence-corrected chi connectivity index (χ4v) is 2.52. The Morgan fingerprint density at radius 3 is 2.48 bits per heavy atom. The Balaban J connectivity index is 2.19. The van der Waals surface area contributed by atoms with Gasteiger partial charge in [-0.3, -0.25) is 0 Å². The lowest BCUT2D eigenvalue weighted by atomic mass is 10.0. The molecule has 120 valence electrons. The maximum absolute atomic E-state index is 10.0. The van der Waals surface area contributed by atoms with Gasteiger partial charge in [-0.25, -0.2) is 0 Å². The highest BCUT2D eigenvalue weighted by Gasteiger charge is 2.07. The van der Waals surface area contributed by atoms with Crippen LogP contribution >= 0.6 is 0 Å². The zero-order valence-electron chi connectivity index (χ0n) is 13.5. The standard InChI is InChI=1S/C18H30O3/c1-3-4-5-6-7-8-9-16(19)12-10-15-11-13-17(20)18(14-15)21-2/h11,13-14,16,19-20H,3-10,12H2,1-2H3/t16-/m0/s1. The van der Waals surface area contributed by atoms with Crippen LogP contribution in [0.2, 0.25) is 0 Å². The molecule has 0 spiro atoms. The lowest BCUT2D eigenvalue weighted by Gasteiger charge is -2.11. The average molecular weight is 294 g/mol. The van der Waals surface area contributed by atoms with Crippen molar-refractivity contribution in [2.75, 3.05) is 7.11 Å². The van der Waals surface area contributed by atoms with Gasteiger partial charge in [0.2, 0.25) is 0 Å². The number of unbranched alkanes of at least 4 members (excludes halogenated alkanes) is 5. The van der Waals surface area contributed by atoms with E-state index in [4.69, 9.17) is 4.74 Å². The van der Waals surface area contributed by atoms with E-state index < -0.39 is 0 Å². The van der Waals surface area contributed by atoms with E-state index in [9.17, 15) is 10.2 Å². The third-order valence-corrected chi connectivity index (χ3v) is 3.90. The maximum atomic E-state index is 10.0. The van der Waals surface area contributed by atoms with Gasteiger partial charge in [-0.2, -0.15) is 0 Å². The summed E-state index contributed by atoms with van der Waals surface area (Å²) < 4.78 is 5.09. The van der Waals surface area contributed by atoms with Crippen LogP contribution in [-0.4, -0.2) is 23.4 Å². The average Bonchev–Trinajstić information content (AvgIpc) is 2.50. The third kappa shape index (κ3) is 7.37. The molecule has 0 saturated carbocycles. The normalized spacial score (nSPS) is 12.3. The lowest BCUT2D eigenvalue weighted by Crippen LogP contribution is -2.07. The molecule has 3 nitrogen and oxygen atoms in total. The molecule has 1 rings (SSSR count). The second-order valence-electron chi connectivity index (χ2n) is 5.76. The number of aromatic hydroxyl groups is 1. The number of methoxy groups -OCH3 is 1. The number of phenols is 1. The zero-order valence-corrected chi connectivity index (χ0v) is 13.5. The monoisotopic (exact) mass is 294 g/mol. The van der Waals surface area contributed by atoms with Gasteiger partial charge < -0.3 is 14.9 Å². The number of rotatable bonds is 11. The SMILES string of the molecule is CCCCCCCC[C@H](O)CCc1ccc(O)c(OC)c1. The second-order valence-corrected chi connectivity index (χ2v) is 5.76. The second kappa shape index (κ2) is 10.5. The minimum absolute atomic E-state index is 0.161. The molecule has 0 amide bonds. The zero-order chi connectivity index (χ0) is 15.5. The minimum Gasteiger partial charge on any atom is -0.504 e. The number of benzene rings is 1. The van der Waals surface area contributed by atoms with Crippen LogP contribution in [0, 0.1) is 0 Å². The molecular weight excluding hydrogens is 264 g/mol. The number of ether oxygens (including phenoxy) is 1. The van der Waals surface area contributed by atoms with Gasteiger partial charge in [0.1, 0.15) is 0 Å². The summed E-state index contributed by atoms with van der Waals surface area (Å²) in [5.74, 6) is 0.659. The first kappa shape index (κ1) is 17.8. The smallest absolute Gasteiger partial charge is 0.160 e. The Labute approximate surface area is 129 Å². The molecule has 0 fully saturated rings. The van der Waals surface area contributed by atoms with E-state index in [1.807, 2.05) is 12.1 Å². The van der Waals surface area contributed by atoms with E-state index in [1.54, 1.807) is 13.2 Å². The van der Waals surface area contributed by atoms with Crippen LogP contribution in [0.15, 0.2) is 18.2 Å². The quantitative estimate of drug-likeness (QED) is 0.593. The van der Waals surface area contributed by atoms with Crippen molar-refractivity contribution >= 4 is 0 Å². The molecule has 0 aliphatic heterocycles. The van der Waals surface area contributed by atoms with Gasteiger partial charge in [0.05, 0.1) is 13.2 Å². The van der Waals surface area contributed by atoms with Gasteiger partial charge in [0.15, 0.2) is 11.5 Å². The molecule has 0 unspecified atom stereocenters. The molecule has 0 aromatic heterocycles. The molecule has 21 heavy (non-hydrogen) atoms. The molecule has 0 aliphatic carbocycles. The number of aryl methyl sites for hydroxylation is 1. The molecule has 0 saturated heterocycles. The largest absolute Gasteiger partial charge is 0.504 e. The van der Waals surface area contributed by atoms with Gasteiger partial charge in [0.25, 0.3) is 0 Å². The van der Waals surface area contributed by atoms with Crippen LogP contribution in [0.1, 0.15) is 63.9 Å². The Morgan fingerprint density at radius 2 is 1.76 bits per heavy atom. The molecular formula is C18H30O3. The summed E-state index contributed by atoms with van der Waals surface area (Å²) in [5.41, 5.74) is 1.09. The van der Waals surface area contributed by atoms with Crippen LogP contribution in [0.25, 0.3) is 0 Å². The van der Waals surface area contributed by atoms with Gasteiger partial charge in [-0.15, -0.1) is 0 Å². The number of aliphatic hydroxyl groups is 1. The van der Waals surface area contributed by atoms with Gasteiger partial charge in [-0.05, 0) is 37.0 Å². The predicted octanol–water partition coefficient (Wildman–Crippen LogP) is 4.44. The molecule has 1 atom stereocenters. The fourth-order valence-electron chi connectivity index (χ4n) is 2.52. The number of phenolic OH excluding ortho intramolecular Hbond substituents is 1.